The molecular formula is C19H29N3O2S. The van der Waals surface area contributed by atoms with Crippen molar-refractivity contribution in [2.75, 3.05) is 18.1 Å². The monoisotopic (exact) mass is 363 g/mol. The molecule has 1 atom stereocenters. The summed E-state index contributed by atoms with van der Waals surface area (Å²) in [7, 11) is -2.82. The highest BCUT2D eigenvalue weighted by Crippen LogP contribution is 2.20. The van der Waals surface area contributed by atoms with Gasteiger partial charge in [-0.1, -0.05) is 17.7 Å². The molecule has 0 radical (unpaired) electrons. The average molecular weight is 364 g/mol. The van der Waals surface area contributed by atoms with Crippen molar-refractivity contribution in [2.45, 2.75) is 52.6 Å². The first-order chi connectivity index (χ1) is 11.8. The first-order valence-corrected chi connectivity index (χ1v) is 11.0. The van der Waals surface area contributed by atoms with Crippen LogP contribution in [0.15, 0.2) is 17.1 Å². The molecular weight excluding hydrogens is 334 g/mol. The maximum atomic E-state index is 11.6. The second kappa shape index (κ2) is 7.36. The maximum absolute atomic E-state index is 11.6. The minimum Gasteiger partial charge on any atom is -0.356 e. The first kappa shape index (κ1) is 18.2. The number of hydrogen-bond donors (Lipinski definition) is 2. The van der Waals surface area contributed by atoms with Crippen LogP contribution in [0.4, 0.5) is 0 Å². The van der Waals surface area contributed by atoms with E-state index in [0.717, 1.165) is 12.4 Å². The van der Waals surface area contributed by atoms with Crippen LogP contribution in [-0.2, 0) is 16.4 Å². The Labute approximate surface area is 151 Å². The molecule has 2 N–H and O–H groups in total. The van der Waals surface area contributed by atoms with Gasteiger partial charge in [-0.05, 0) is 62.6 Å². The van der Waals surface area contributed by atoms with Crippen molar-refractivity contribution in [1.29, 1.82) is 0 Å². The Hall–Kier alpha value is -1.56. The summed E-state index contributed by atoms with van der Waals surface area (Å²) in [6.07, 6.45) is 3.12. The van der Waals surface area contributed by atoms with Crippen molar-refractivity contribution >= 4 is 15.8 Å². The summed E-state index contributed by atoms with van der Waals surface area (Å²) >= 11 is 0. The van der Waals surface area contributed by atoms with E-state index in [0.29, 0.717) is 30.6 Å². The van der Waals surface area contributed by atoms with Crippen molar-refractivity contribution in [3.63, 3.8) is 0 Å². The molecule has 1 aliphatic carbocycles. The number of hydrogen-bond acceptors (Lipinski definition) is 3. The molecule has 5 nitrogen and oxygen atoms in total. The van der Waals surface area contributed by atoms with E-state index in [1.807, 2.05) is 0 Å². The SMILES string of the molecule is Cc1cc(C)c(CN=C(NCC2CCS(=O)(=O)C2)NC2CC2)c(C)c1. The molecule has 1 aliphatic heterocycles. The number of rotatable bonds is 5. The molecule has 25 heavy (non-hydrogen) atoms. The average Bonchev–Trinajstić information content (AvgIpc) is 3.25. The molecule has 0 spiro atoms. The molecule has 2 fully saturated rings. The maximum Gasteiger partial charge on any atom is 0.191 e. The van der Waals surface area contributed by atoms with Gasteiger partial charge in [0, 0.05) is 12.6 Å². The normalized spacial score (nSPS) is 22.8. The summed E-state index contributed by atoms with van der Waals surface area (Å²) in [5.41, 5.74) is 5.09. The quantitative estimate of drug-likeness (QED) is 0.622. The fourth-order valence-corrected chi connectivity index (χ4v) is 5.33. The van der Waals surface area contributed by atoms with E-state index < -0.39 is 9.84 Å². The van der Waals surface area contributed by atoms with Gasteiger partial charge in [-0.25, -0.2) is 13.4 Å². The zero-order valence-corrected chi connectivity index (χ0v) is 16.2. The molecule has 138 valence electrons. The third-order valence-electron chi connectivity index (χ3n) is 5.04. The Morgan fingerprint density at radius 2 is 1.84 bits per heavy atom. The number of benzene rings is 1. The third kappa shape index (κ3) is 5.21. The van der Waals surface area contributed by atoms with Crippen LogP contribution in [0.5, 0.6) is 0 Å². The van der Waals surface area contributed by atoms with E-state index >= 15 is 0 Å². The summed E-state index contributed by atoms with van der Waals surface area (Å²) < 4.78 is 23.2. The van der Waals surface area contributed by atoms with Gasteiger partial charge in [0.25, 0.3) is 0 Å². The van der Waals surface area contributed by atoms with Crippen LogP contribution in [0.1, 0.15) is 41.5 Å². The first-order valence-electron chi connectivity index (χ1n) is 9.14. The van der Waals surface area contributed by atoms with E-state index in [1.54, 1.807) is 0 Å². The zero-order valence-electron chi connectivity index (χ0n) is 15.4. The van der Waals surface area contributed by atoms with Crippen molar-refractivity contribution < 1.29 is 8.42 Å². The van der Waals surface area contributed by atoms with E-state index in [2.05, 4.69) is 43.5 Å². The van der Waals surface area contributed by atoms with Crippen LogP contribution in [0.25, 0.3) is 0 Å². The van der Waals surface area contributed by atoms with Crippen LogP contribution >= 0.6 is 0 Å². The van der Waals surface area contributed by atoms with Gasteiger partial charge in [0.15, 0.2) is 15.8 Å². The zero-order chi connectivity index (χ0) is 18.0. The highest BCUT2D eigenvalue weighted by atomic mass is 32.2. The van der Waals surface area contributed by atoms with Gasteiger partial charge in [0.2, 0.25) is 0 Å². The number of guanidine groups is 1. The smallest absolute Gasteiger partial charge is 0.191 e. The van der Waals surface area contributed by atoms with Crippen LogP contribution in [0, 0.1) is 26.7 Å². The molecule has 1 saturated heterocycles. The molecule has 0 bridgehead atoms. The summed E-state index contributed by atoms with van der Waals surface area (Å²) in [5.74, 6) is 1.63. The molecule has 2 aliphatic rings. The highest BCUT2D eigenvalue weighted by Gasteiger charge is 2.28. The third-order valence-corrected chi connectivity index (χ3v) is 6.88. The molecule has 3 rings (SSSR count). The second-order valence-electron chi connectivity index (χ2n) is 7.61. The minimum atomic E-state index is -2.82. The largest absolute Gasteiger partial charge is 0.356 e. The molecule has 6 heteroatoms. The van der Waals surface area contributed by atoms with Gasteiger partial charge >= 0.3 is 0 Å². The summed E-state index contributed by atoms with van der Waals surface area (Å²) in [6.45, 7) is 7.70. The number of aliphatic imine (C=N–C) groups is 1. The number of sulfone groups is 1. The van der Waals surface area contributed by atoms with Gasteiger partial charge in [-0.2, -0.15) is 0 Å². The lowest BCUT2D eigenvalue weighted by molar-refractivity contribution is 0.566. The standard InChI is InChI=1S/C19H29N3O2S/c1-13-8-14(2)18(15(3)9-13)11-21-19(22-17-4-5-17)20-10-16-6-7-25(23,24)12-16/h8-9,16-17H,4-7,10-12H2,1-3H3,(H2,20,21,22). The van der Waals surface area contributed by atoms with Gasteiger partial charge in [-0.15, -0.1) is 0 Å². The van der Waals surface area contributed by atoms with Crippen LogP contribution in [-0.4, -0.2) is 38.5 Å². The van der Waals surface area contributed by atoms with E-state index in [9.17, 15) is 8.42 Å². The lowest BCUT2D eigenvalue weighted by Crippen LogP contribution is -2.41. The Balaban J connectivity index is 1.65. The fraction of sp³-hybridized carbons (Fsp3) is 0.632. The molecule has 1 saturated carbocycles. The molecule has 1 unspecified atom stereocenters. The molecule has 0 amide bonds. The summed E-state index contributed by atoms with van der Waals surface area (Å²) in [4.78, 5) is 4.77. The number of nitrogens with one attached hydrogen (secondary N) is 2. The second-order valence-corrected chi connectivity index (χ2v) is 9.84. The molecule has 1 heterocycles. The number of nitrogens with zero attached hydrogens (tertiary/aromatic N) is 1. The topological polar surface area (TPSA) is 70.6 Å². The van der Waals surface area contributed by atoms with Gasteiger partial charge in [0.1, 0.15) is 0 Å². The van der Waals surface area contributed by atoms with Crippen LogP contribution in [0.2, 0.25) is 0 Å². The number of aryl methyl sites for hydroxylation is 3. The lowest BCUT2D eigenvalue weighted by atomic mass is 10.00. The van der Waals surface area contributed by atoms with Gasteiger partial charge in [-0.3, -0.25) is 0 Å². The Kier molecular flexibility index (Phi) is 5.37. The van der Waals surface area contributed by atoms with Crippen molar-refractivity contribution in [3.8, 4) is 0 Å². The summed E-state index contributed by atoms with van der Waals surface area (Å²) in [5, 5.41) is 6.81. The molecule has 0 aromatic heterocycles. The van der Waals surface area contributed by atoms with E-state index in [-0.39, 0.29) is 5.92 Å². The summed E-state index contributed by atoms with van der Waals surface area (Å²) in [6, 6.07) is 4.91. The molecule has 1 aromatic rings. The highest BCUT2D eigenvalue weighted by molar-refractivity contribution is 7.91. The lowest BCUT2D eigenvalue weighted by Gasteiger charge is -2.16. The van der Waals surface area contributed by atoms with Crippen LogP contribution < -0.4 is 10.6 Å². The van der Waals surface area contributed by atoms with E-state index in [1.165, 1.54) is 35.1 Å². The van der Waals surface area contributed by atoms with Gasteiger partial charge in [0.05, 0.1) is 18.1 Å². The Morgan fingerprint density at radius 3 is 2.40 bits per heavy atom. The van der Waals surface area contributed by atoms with Crippen molar-refractivity contribution in [1.82, 2.24) is 10.6 Å². The van der Waals surface area contributed by atoms with Crippen molar-refractivity contribution in [3.05, 3.63) is 34.4 Å². The molecule has 1 aromatic carbocycles. The Morgan fingerprint density at radius 1 is 1.16 bits per heavy atom. The Bertz CT molecular complexity index is 744. The van der Waals surface area contributed by atoms with Gasteiger partial charge < -0.3 is 10.6 Å². The van der Waals surface area contributed by atoms with E-state index in [4.69, 9.17) is 4.99 Å². The van der Waals surface area contributed by atoms with Crippen LogP contribution in [0.3, 0.4) is 0 Å². The predicted octanol–water partition coefficient (Wildman–Crippen LogP) is 2.24. The predicted molar refractivity (Wildman–Crippen MR) is 103 cm³/mol. The minimum absolute atomic E-state index is 0.194. The fourth-order valence-electron chi connectivity index (χ4n) is 3.47. The van der Waals surface area contributed by atoms with Crippen molar-refractivity contribution in [2.24, 2.45) is 10.9 Å².